The van der Waals surface area contributed by atoms with E-state index >= 15 is 0 Å². The summed E-state index contributed by atoms with van der Waals surface area (Å²) in [6, 6.07) is 10.0. The van der Waals surface area contributed by atoms with E-state index in [0.717, 1.165) is 6.07 Å². The van der Waals surface area contributed by atoms with E-state index in [1.807, 2.05) is 0 Å². The van der Waals surface area contributed by atoms with Gasteiger partial charge in [0.2, 0.25) is 0 Å². The molecule has 0 spiro atoms. The van der Waals surface area contributed by atoms with E-state index in [0.29, 0.717) is 21.6 Å². The van der Waals surface area contributed by atoms with Gasteiger partial charge in [-0.1, -0.05) is 17.7 Å². The first-order chi connectivity index (χ1) is 15.3. The summed E-state index contributed by atoms with van der Waals surface area (Å²) in [4.78, 5) is 24.8. The zero-order chi connectivity index (χ0) is 22.7. The molecule has 0 fully saturated rings. The Bertz CT molecular complexity index is 1270. The smallest absolute Gasteiger partial charge is 0.325 e. The zero-order valence-corrected chi connectivity index (χ0v) is 17.0. The molecule has 162 valence electrons. The highest BCUT2D eigenvalue weighted by atomic mass is 35.5. The summed E-state index contributed by atoms with van der Waals surface area (Å²) < 4.78 is 41.1. The van der Waals surface area contributed by atoms with Crippen molar-refractivity contribution >= 4 is 34.2 Å². The molecule has 0 saturated carbocycles. The van der Waals surface area contributed by atoms with Gasteiger partial charge >= 0.3 is 12.2 Å². The molecule has 0 aliphatic heterocycles. The standard InChI is InChI=1S/C22H15ClF3N5O/c23-17-6-1-7-18-15(17)10-13(11-29-18)19(20-16(22(24,25)26)5-3-9-28-20)31-21(32)30-14-4-2-8-27-12-14/h1-12,19H,(H2,30,31,32). The van der Waals surface area contributed by atoms with Crippen LogP contribution in [0.2, 0.25) is 5.02 Å². The van der Waals surface area contributed by atoms with Crippen molar-refractivity contribution in [2.24, 2.45) is 0 Å². The number of carbonyl (C=O) groups is 1. The molecule has 3 aromatic heterocycles. The van der Waals surface area contributed by atoms with E-state index in [-0.39, 0.29) is 11.3 Å². The number of anilines is 1. The molecule has 2 N–H and O–H groups in total. The molecule has 1 unspecified atom stereocenters. The van der Waals surface area contributed by atoms with Crippen LogP contribution in [0.4, 0.5) is 23.7 Å². The number of urea groups is 1. The van der Waals surface area contributed by atoms with Gasteiger partial charge in [-0.15, -0.1) is 0 Å². The van der Waals surface area contributed by atoms with Crippen LogP contribution in [0.5, 0.6) is 0 Å². The molecule has 0 bridgehead atoms. The van der Waals surface area contributed by atoms with Crippen LogP contribution >= 0.6 is 11.6 Å². The second-order valence-electron chi connectivity index (χ2n) is 6.78. The number of nitrogens with zero attached hydrogens (tertiary/aromatic N) is 3. The lowest BCUT2D eigenvalue weighted by atomic mass is 9.99. The molecule has 2 amide bonds. The Morgan fingerprint density at radius 2 is 1.81 bits per heavy atom. The predicted octanol–water partition coefficient (Wildman–Crippen LogP) is 5.61. The van der Waals surface area contributed by atoms with Crippen molar-refractivity contribution in [3.63, 3.8) is 0 Å². The topological polar surface area (TPSA) is 79.8 Å². The number of nitrogens with one attached hydrogen (secondary N) is 2. The fraction of sp³-hybridized carbons (Fsp3) is 0.0909. The Morgan fingerprint density at radius 1 is 1.00 bits per heavy atom. The van der Waals surface area contributed by atoms with Gasteiger partial charge in [0, 0.05) is 29.0 Å². The Labute approximate surface area is 185 Å². The molecule has 4 rings (SSSR count). The van der Waals surface area contributed by atoms with Gasteiger partial charge < -0.3 is 10.6 Å². The molecular weight excluding hydrogens is 443 g/mol. The maximum absolute atomic E-state index is 13.7. The molecule has 0 radical (unpaired) electrons. The highest BCUT2D eigenvalue weighted by Crippen LogP contribution is 2.36. The average Bonchev–Trinajstić information content (AvgIpc) is 2.78. The third-order valence-corrected chi connectivity index (χ3v) is 4.97. The number of rotatable bonds is 4. The monoisotopic (exact) mass is 457 g/mol. The van der Waals surface area contributed by atoms with Crippen molar-refractivity contribution in [2.45, 2.75) is 12.2 Å². The van der Waals surface area contributed by atoms with Crippen LogP contribution < -0.4 is 10.6 Å². The highest BCUT2D eigenvalue weighted by Gasteiger charge is 2.37. The first-order valence-electron chi connectivity index (χ1n) is 9.37. The summed E-state index contributed by atoms with van der Waals surface area (Å²) in [6.07, 6.45) is 0.890. The average molecular weight is 458 g/mol. The number of carbonyl (C=O) groups excluding carboxylic acids is 1. The minimum absolute atomic E-state index is 0.288. The highest BCUT2D eigenvalue weighted by molar-refractivity contribution is 6.35. The summed E-state index contributed by atoms with van der Waals surface area (Å²) in [5.74, 6) is 0. The summed E-state index contributed by atoms with van der Waals surface area (Å²) in [5.41, 5.74) is -0.103. The van der Waals surface area contributed by atoms with Gasteiger partial charge in [0.1, 0.15) is 6.04 Å². The third-order valence-electron chi connectivity index (χ3n) is 4.64. The minimum atomic E-state index is -4.68. The third kappa shape index (κ3) is 4.62. The maximum atomic E-state index is 13.7. The van der Waals surface area contributed by atoms with E-state index < -0.39 is 23.8 Å². The van der Waals surface area contributed by atoms with Crippen LogP contribution in [0.15, 0.2) is 73.3 Å². The van der Waals surface area contributed by atoms with Gasteiger partial charge in [0.15, 0.2) is 0 Å². The molecule has 1 atom stereocenters. The number of fused-ring (bicyclic) bond motifs is 1. The van der Waals surface area contributed by atoms with E-state index in [4.69, 9.17) is 11.6 Å². The molecule has 0 aliphatic rings. The van der Waals surface area contributed by atoms with Gasteiger partial charge in [0.05, 0.1) is 28.7 Å². The molecule has 4 aromatic rings. The number of hydrogen-bond donors (Lipinski definition) is 2. The predicted molar refractivity (Wildman–Crippen MR) is 114 cm³/mol. The Morgan fingerprint density at radius 3 is 2.56 bits per heavy atom. The maximum Gasteiger partial charge on any atom is 0.418 e. The summed E-state index contributed by atoms with van der Waals surface area (Å²) in [7, 11) is 0. The fourth-order valence-corrected chi connectivity index (χ4v) is 3.44. The summed E-state index contributed by atoms with van der Waals surface area (Å²) >= 11 is 6.25. The van der Waals surface area contributed by atoms with E-state index in [1.165, 1.54) is 30.9 Å². The summed E-state index contributed by atoms with van der Waals surface area (Å²) in [6.45, 7) is 0. The molecule has 0 saturated heterocycles. The number of benzene rings is 1. The fourth-order valence-electron chi connectivity index (χ4n) is 3.22. The van der Waals surface area contributed by atoms with Gasteiger partial charge in [-0.25, -0.2) is 4.79 Å². The van der Waals surface area contributed by atoms with Crippen molar-refractivity contribution in [3.8, 4) is 0 Å². The van der Waals surface area contributed by atoms with Crippen LogP contribution in [0.1, 0.15) is 22.9 Å². The van der Waals surface area contributed by atoms with E-state index in [9.17, 15) is 18.0 Å². The first kappa shape index (κ1) is 21.5. The first-order valence-corrected chi connectivity index (χ1v) is 9.74. The number of halogens is 4. The zero-order valence-electron chi connectivity index (χ0n) is 16.3. The molecule has 0 aliphatic carbocycles. The lowest BCUT2D eigenvalue weighted by Gasteiger charge is -2.22. The normalized spacial score (nSPS) is 12.4. The van der Waals surface area contributed by atoms with E-state index in [2.05, 4.69) is 25.6 Å². The Balaban J connectivity index is 1.79. The Kier molecular flexibility index (Phi) is 5.91. The van der Waals surface area contributed by atoms with E-state index in [1.54, 1.807) is 36.4 Å². The largest absolute Gasteiger partial charge is 0.418 e. The summed E-state index contributed by atoms with van der Waals surface area (Å²) in [5, 5.41) is 6.04. The van der Waals surface area contributed by atoms with Crippen molar-refractivity contribution in [1.29, 1.82) is 0 Å². The van der Waals surface area contributed by atoms with Gasteiger partial charge in [-0.2, -0.15) is 13.2 Å². The van der Waals surface area contributed by atoms with Gasteiger partial charge in [0.25, 0.3) is 0 Å². The van der Waals surface area contributed by atoms with Crippen LogP contribution in [-0.2, 0) is 6.18 Å². The van der Waals surface area contributed by atoms with Crippen molar-refractivity contribution in [3.05, 3.63) is 95.2 Å². The van der Waals surface area contributed by atoms with Gasteiger partial charge in [-0.05, 0) is 48.0 Å². The number of alkyl halides is 3. The second-order valence-corrected chi connectivity index (χ2v) is 7.19. The molecule has 32 heavy (non-hydrogen) atoms. The molecular formula is C22H15ClF3N5O. The van der Waals surface area contributed by atoms with Crippen LogP contribution in [0.25, 0.3) is 10.9 Å². The number of hydrogen-bond acceptors (Lipinski definition) is 4. The lowest BCUT2D eigenvalue weighted by molar-refractivity contribution is -0.138. The number of pyridine rings is 3. The van der Waals surface area contributed by atoms with Crippen LogP contribution in [0, 0.1) is 0 Å². The molecule has 10 heteroatoms. The van der Waals surface area contributed by atoms with Crippen molar-refractivity contribution in [2.75, 3.05) is 5.32 Å². The van der Waals surface area contributed by atoms with Crippen LogP contribution in [0.3, 0.4) is 0 Å². The molecule has 1 aromatic carbocycles. The molecule has 3 heterocycles. The second kappa shape index (κ2) is 8.80. The lowest BCUT2D eigenvalue weighted by Crippen LogP contribution is -2.35. The van der Waals surface area contributed by atoms with Crippen LogP contribution in [-0.4, -0.2) is 21.0 Å². The number of aromatic nitrogens is 3. The minimum Gasteiger partial charge on any atom is -0.325 e. The van der Waals surface area contributed by atoms with Gasteiger partial charge in [-0.3, -0.25) is 15.0 Å². The Hall–Kier alpha value is -3.72. The number of amides is 2. The molecule has 6 nitrogen and oxygen atoms in total. The SMILES string of the molecule is O=C(Nc1cccnc1)NC(c1cnc2cccc(Cl)c2c1)c1ncccc1C(F)(F)F. The van der Waals surface area contributed by atoms with Crippen molar-refractivity contribution < 1.29 is 18.0 Å². The van der Waals surface area contributed by atoms with Crippen molar-refractivity contribution in [1.82, 2.24) is 20.3 Å². The quantitative estimate of drug-likeness (QED) is 0.417.